The van der Waals surface area contributed by atoms with E-state index in [0.29, 0.717) is 0 Å². The first-order valence-corrected chi connectivity index (χ1v) is 7.97. The normalized spacial score (nSPS) is 21.3. The van der Waals surface area contributed by atoms with E-state index in [9.17, 15) is 0 Å². The van der Waals surface area contributed by atoms with E-state index in [0.717, 1.165) is 18.3 Å². The van der Waals surface area contributed by atoms with Gasteiger partial charge in [-0.3, -0.25) is 4.90 Å². The van der Waals surface area contributed by atoms with Gasteiger partial charge in [-0.15, -0.1) is 0 Å². The molecule has 3 rings (SSSR count). The van der Waals surface area contributed by atoms with Crippen molar-refractivity contribution in [1.29, 1.82) is 0 Å². The second kappa shape index (κ2) is 6.27. The Morgan fingerprint density at radius 1 is 0.895 bits per heavy atom. The van der Waals surface area contributed by atoms with Gasteiger partial charge in [0, 0.05) is 30.6 Å². The van der Waals surface area contributed by atoms with Gasteiger partial charge in [-0.1, -0.05) is 60.7 Å². The van der Waals surface area contributed by atoms with Gasteiger partial charge in [0.1, 0.15) is 0 Å². The Labute approximate surface area is 119 Å². The smallest absolute Gasteiger partial charge is 0.0318 e. The van der Waals surface area contributed by atoms with E-state index in [-0.39, 0.29) is 0 Å². The third-order valence-electron chi connectivity index (χ3n) is 3.48. The van der Waals surface area contributed by atoms with E-state index < -0.39 is 0 Å². The van der Waals surface area contributed by atoms with Crippen LogP contribution in [0.25, 0.3) is 0 Å². The monoisotopic (exact) mass is 269 g/mol. The molecule has 1 nitrogen and oxygen atoms in total. The molecule has 0 N–H and O–H groups in total. The first-order chi connectivity index (χ1) is 9.42. The van der Waals surface area contributed by atoms with Crippen molar-refractivity contribution in [3.8, 4) is 0 Å². The second-order valence-corrected chi connectivity index (χ2v) is 6.10. The largest absolute Gasteiger partial charge is 0.292 e. The van der Waals surface area contributed by atoms with E-state index in [1.165, 1.54) is 23.4 Å². The van der Waals surface area contributed by atoms with Crippen LogP contribution >= 0.6 is 11.8 Å². The van der Waals surface area contributed by atoms with Gasteiger partial charge in [0.15, 0.2) is 0 Å². The van der Waals surface area contributed by atoms with Crippen LogP contribution in [0.15, 0.2) is 60.7 Å². The van der Waals surface area contributed by atoms with Crippen molar-refractivity contribution < 1.29 is 0 Å². The summed E-state index contributed by atoms with van der Waals surface area (Å²) in [5.74, 6) is 2.39. The van der Waals surface area contributed by atoms with E-state index in [2.05, 4.69) is 65.6 Å². The van der Waals surface area contributed by atoms with Crippen LogP contribution in [0.5, 0.6) is 0 Å². The molecule has 2 aromatic rings. The minimum atomic E-state index is 0.786. The summed E-state index contributed by atoms with van der Waals surface area (Å²) in [5.41, 5.74) is 2.86. The van der Waals surface area contributed by atoms with E-state index in [1.807, 2.05) is 11.8 Å². The summed E-state index contributed by atoms with van der Waals surface area (Å²) in [7, 11) is 0. The summed E-state index contributed by atoms with van der Waals surface area (Å²) >= 11 is 2.05. The van der Waals surface area contributed by atoms with Crippen molar-refractivity contribution in [3.05, 3.63) is 71.8 Å². The van der Waals surface area contributed by atoms with Gasteiger partial charge in [0.25, 0.3) is 0 Å². The van der Waals surface area contributed by atoms with Crippen LogP contribution in [0.4, 0.5) is 0 Å². The lowest BCUT2D eigenvalue weighted by Crippen LogP contribution is -2.04. The number of hydrogen-bond acceptors (Lipinski definition) is 2. The number of nitrogens with zero attached hydrogens (tertiary/aromatic N) is 1. The molecule has 0 bridgehead atoms. The van der Waals surface area contributed by atoms with Gasteiger partial charge in [-0.05, 0) is 11.1 Å². The molecule has 2 heteroatoms. The van der Waals surface area contributed by atoms with E-state index >= 15 is 0 Å². The SMILES string of the molecule is c1ccc(CSC[C@H]2CN2Cc2ccccc2)cc1. The molecule has 0 radical (unpaired) electrons. The lowest BCUT2D eigenvalue weighted by Gasteiger charge is -2.04. The molecule has 1 heterocycles. The third kappa shape index (κ3) is 3.85. The molecular formula is C17H19NS. The Kier molecular flexibility index (Phi) is 4.21. The van der Waals surface area contributed by atoms with Gasteiger partial charge in [0.2, 0.25) is 0 Å². The first kappa shape index (κ1) is 12.8. The van der Waals surface area contributed by atoms with E-state index in [4.69, 9.17) is 0 Å². The summed E-state index contributed by atoms with van der Waals surface area (Å²) in [6.07, 6.45) is 0. The lowest BCUT2D eigenvalue weighted by molar-refractivity contribution is 0.517. The Morgan fingerprint density at radius 3 is 2.21 bits per heavy atom. The zero-order valence-corrected chi connectivity index (χ0v) is 11.9. The van der Waals surface area contributed by atoms with Gasteiger partial charge in [-0.25, -0.2) is 0 Å². The molecule has 0 amide bonds. The molecule has 0 spiro atoms. The fourth-order valence-corrected chi connectivity index (χ4v) is 3.41. The summed E-state index contributed by atoms with van der Waals surface area (Å²) in [6.45, 7) is 2.37. The predicted molar refractivity (Wildman–Crippen MR) is 83.2 cm³/mol. The minimum absolute atomic E-state index is 0.786. The van der Waals surface area contributed by atoms with Crippen LogP contribution in [0, 0.1) is 0 Å². The maximum Gasteiger partial charge on any atom is 0.0318 e. The first-order valence-electron chi connectivity index (χ1n) is 6.81. The van der Waals surface area contributed by atoms with Crippen LogP contribution in [-0.2, 0) is 12.3 Å². The Hall–Kier alpha value is -1.25. The lowest BCUT2D eigenvalue weighted by atomic mass is 10.2. The highest BCUT2D eigenvalue weighted by Crippen LogP contribution is 2.26. The highest BCUT2D eigenvalue weighted by molar-refractivity contribution is 7.98. The van der Waals surface area contributed by atoms with Crippen molar-refractivity contribution in [1.82, 2.24) is 4.90 Å². The Bertz CT molecular complexity index is 497. The van der Waals surface area contributed by atoms with E-state index in [1.54, 1.807) is 0 Å². The quantitative estimate of drug-likeness (QED) is 0.734. The predicted octanol–water partition coefficient (Wildman–Crippen LogP) is 3.80. The van der Waals surface area contributed by atoms with Crippen LogP contribution in [-0.4, -0.2) is 23.2 Å². The topological polar surface area (TPSA) is 3.01 Å². The number of benzene rings is 2. The molecular weight excluding hydrogens is 250 g/mol. The third-order valence-corrected chi connectivity index (χ3v) is 4.64. The van der Waals surface area contributed by atoms with Crippen molar-refractivity contribution in [2.45, 2.75) is 18.3 Å². The van der Waals surface area contributed by atoms with Crippen LogP contribution in [0.3, 0.4) is 0 Å². The van der Waals surface area contributed by atoms with Gasteiger partial charge < -0.3 is 0 Å². The molecule has 0 aromatic heterocycles. The Morgan fingerprint density at radius 2 is 1.53 bits per heavy atom. The molecule has 0 saturated carbocycles. The molecule has 1 aliphatic rings. The summed E-state index contributed by atoms with van der Waals surface area (Å²) in [6, 6.07) is 22.3. The van der Waals surface area contributed by atoms with Crippen LogP contribution < -0.4 is 0 Å². The number of hydrogen-bond donors (Lipinski definition) is 0. The minimum Gasteiger partial charge on any atom is -0.292 e. The zero-order chi connectivity index (χ0) is 12.9. The highest BCUT2D eigenvalue weighted by atomic mass is 32.2. The summed E-state index contributed by atoms with van der Waals surface area (Å²) < 4.78 is 0. The van der Waals surface area contributed by atoms with Crippen LogP contribution in [0.2, 0.25) is 0 Å². The fraction of sp³-hybridized carbons (Fsp3) is 0.294. The van der Waals surface area contributed by atoms with Gasteiger partial charge in [-0.2, -0.15) is 11.8 Å². The highest BCUT2D eigenvalue weighted by Gasteiger charge is 2.32. The van der Waals surface area contributed by atoms with Gasteiger partial charge >= 0.3 is 0 Å². The molecule has 19 heavy (non-hydrogen) atoms. The van der Waals surface area contributed by atoms with Crippen molar-refractivity contribution >= 4 is 11.8 Å². The van der Waals surface area contributed by atoms with Crippen molar-refractivity contribution in [3.63, 3.8) is 0 Å². The maximum atomic E-state index is 2.55. The Balaban J connectivity index is 1.37. The fourth-order valence-electron chi connectivity index (χ4n) is 2.28. The molecule has 2 atom stereocenters. The standard InChI is InChI=1S/C17H19NS/c1-3-7-15(8-4-1)11-18-12-17(18)14-19-13-16-9-5-2-6-10-16/h1-10,17H,11-14H2/t17-,18?/m1/s1. The van der Waals surface area contributed by atoms with Gasteiger partial charge in [0.05, 0.1) is 0 Å². The average molecular weight is 269 g/mol. The van der Waals surface area contributed by atoms with Crippen molar-refractivity contribution in [2.24, 2.45) is 0 Å². The molecule has 0 aliphatic carbocycles. The molecule has 1 fully saturated rings. The zero-order valence-electron chi connectivity index (χ0n) is 11.0. The second-order valence-electron chi connectivity index (χ2n) is 5.07. The summed E-state index contributed by atoms with van der Waals surface area (Å²) in [5, 5.41) is 0. The van der Waals surface area contributed by atoms with Crippen LogP contribution in [0.1, 0.15) is 11.1 Å². The number of thioether (sulfide) groups is 1. The molecule has 2 aromatic carbocycles. The number of rotatable bonds is 6. The molecule has 1 unspecified atom stereocenters. The van der Waals surface area contributed by atoms with Crippen molar-refractivity contribution in [2.75, 3.05) is 12.3 Å². The molecule has 1 aliphatic heterocycles. The molecule has 98 valence electrons. The summed E-state index contributed by atoms with van der Waals surface area (Å²) in [4.78, 5) is 2.55. The maximum absolute atomic E-state index is 2.55. The molecule has 1 saturated heterocycles. The average Bonchev–Trinajstić information content (AvgIpc) is 3.19.